The van der Waals surface area contributed by atoms with Gasteiger partial charge in [-0.2, -0.15) is 0 Å². The van der Waals surface area contributed by atoms with Gasteiger partial charge in [0.15, 0.2) is 0 Å². The third-order valence-corrected chi connectivity index (χ3v) is 5.51. The van der Waals surface area contributed by atoms with E-state index in [2.05, 4.69) is 41.7 Å². The van der Waals surface area contributed by atoms with Crippen molar-refractivity contribution in [2.24, 2.45) is 5.92 Å². The largest absolute Gasteiger partial charge is 0.508 e. The number of rotatable bonds is 4. The standard InChI is InChI=1S/C17H26BrNO/c1-4-13-5-8-15(9-6-13)19(3)12(2)16-11-14(18)7-10-17(16)20/h7,10-13,15,20H,4-6,8-9H2,1-3H3. The monoisotopic (exact) mass is 339 g/mol. The van der Waals surface area contributed by atoms with Gasteiger partial charge >= 0.3 is 0 Å². The van der Waals surface area contributed by atoms with Crippen LogP contribution in [0.15, 0.2) is 22.7 Å². The first-order chi connectivity index (χ1) is 9.52. The van der Waals surface area contributed by atoms with Crippen molar-refractivity contribution in [2.45, 2.75) is 58.0 Å². The van der Waals surface area contributed by atoms with Gasteiger partial charge in [0.05, 0.1) is 0 Å². The first-order valence-electron chi connectivity index (χ1n) is 7.73. The Morgan fingerprint density at radius 3 is 2.55 bits per heavy atom. The molecule has 0 spiro atoms. The normalized spacial score (nSPS) is 24.9. The molecule has 0 aromatic heterocycles. The third-order valence-electron chi connectivity index (χ3n) is 5.02. The van der Waals surface area contributed by atoms with E-state index in [1.54, 1.807) is 6.07 Å². The Labute approximate surface area is 131 Å². The third kappa shape index (κ3) is 3.56. The summed E-state index contributed by atoms with van der Waals surface area (Å²) < 4.78 is 1.03. The lowest BCUT2D eigenvalue weighted by Crippen LogP contribution is -2.36. The van der Waals surface area contributed by atoms with Crippen LogP contribution < -0.4 is 0 Å². The zero-order chi connectivity index (χ0) is 14.7. The second-order valence-electron chi connectivity index (χ2n) is 6.13. The summed E-state index contributed by atoms with van der Waals surface area (Å²) in [7, 11) is 2.20. The quantitative estimate of drug-likeness (QED) is 0.823. The van der Waals surface area contributed by atoms with Crippen molar-refractivity contribution in [1.82, 2.24) is 4.90 Å². The van der Waals surface area contributed by atoms with Crippen LogP contribution in [-0.2, 0) is 0 Å². The summed E-state index contributed by atoms with van der Waals surface area (Å²) in [6.45, 7) is 4.49. The highest BCUT2D eigenvalue weighted by atomic mass is 79.9. The number of aromatic hydroxyl groups is 1. The highest BCUT2D eigenvalue weighted by Crippen LogP contribution is 2.35. The predicted molar refractivity (Wildman–Crippen MR) is 88.0 cm³/mol. The Hall–Kier alpha value is -0.540. The van der Waals surface area contributed by atoms with E-state index in [-0.39, 0.29) is 6.04 Å². The van der Waals surface area contributed by atoms with Gasteiger partial charge in [0.25, 0.3) is 0 Å². The van der Waals surface area contributed by atoms with Crippen LogP contribution in [0.2, 0.25) is 0 Å². The summed E-state index contributed by atoms with van der Waals surface area (Å²) in [6, 6.07) is 6.59. The van der Waals surface area contributed by atoms with Crippen molar-refractivity contribution < 1.29 is 5.11 Å². The maximum absolute atomic E-state index is 10.1. The molecule has 1 fully saturated rings. The fraction of sp³-hybridized carbons (Fsp3) is 0.647. The molecule has 1 aromatic rings. The average Bonchev–Trinajstić information content (AvgIpc) is 2.48. The molecule has 1 aliphatic rings. The minimum atomic E-state index is 0.246. The summed E-state index contributed by atoms with van der Waals surface area (Å²) in [6.07, 6.45) is 6.59. The molecule has 0 saturated heterocycles. The molecule has 3 heteroatoms. The lowest BCUT2D eigenvalue weighted by molar-refractivity contribution is 0.125. The number of nitrogens with zero attached hydrogens (tertiary/aromatic N) is 1. The summed E-state index contributed by atoms with van der Waals surface area (Å²) in [5.74, 6) is 1.32. The van der Waals surface area contributed by atoms with E-state index < -0.39 is 0 Å². The summed E-state index contributed by atoms with van der Waals surface area (Å²) in [4.78, 5) is 2.44. The Balaban J connectivity index is 2.05. The van der Waals surface area contributed by atoms with Crippen molar-refractivity contribution in [1.29, 1.82) is 0 Å². The smallest absolute Gasteiger partial charge is 0.120 e. The van der Waals surface area contributed by atoms with Gasteiger partial charge in [-0.25, -0.2) is 0 Å². The van der Waals surface area contributed by atoms with E-state index in [1.165, 1.54) is 32.1 Å². The Morgan fingerprint density at radius 1 is 1.30 bits per heavy atom. The Kier molecular flexibility index (Phi) is 5.50. The van der Waals surface area contributed by atoms with Crippen LogP contribution in [0, 0.1) is 5.92 Å². The topological polar surface area (TPSA) is 23.5 Å². The molecule has 1 atom stereocenters. The van der Waals surface area contributed by atoms with Crippen molar-refractivity contribution in [2.75, 3.05) is 7.05 Å². The van der Waals surface area contributed by atoms with Crippen molar-refractivity contribution in [3.8, 4) is 5.75 Å². The van der Waals surface area contributed by atoms with E-state index in [4.69, 9.17) is 0 Å². The molecular formula is C17H26BrNO. The van der Waals surface area contributed by atoms with Crippen LogP contribution in [0.3, 0.4) is 0 Å². The highest BCUT2D eigenvalue weighted by molar-refractivity contribution is 9.10. The lowest BCUT2D eigenvalue weighted by Gasteiger charge is -2.38. The molecule has 0 amide bonds. The molecule has 2 rings (SSSR count). The molecule has 1 N–H and O–H groups in total. The van der Waals surface area contributed by atoms with Crippen LogP contribution in [0.25, 0.3) is 0 Å². The zero-order valence-electron chi connectivity index (χ0n) is 12.8. The predicted octanol–water partition coefficient (Wildman–Crippen LogP) is 5.12. The van der Waals surface area contributed by atoms with Crippen LogP contribution in [0.1, 0.15) is 57.6 Å². The molecular weight excluding hydrogens is 314 g/mol. The van der Waals surface area contributed by atoms with Crippen LogP contribution in [-0.4, -0.2) is 23.1 Å². The number of halogens is 1. The molecule has 112 valence electrons. The highest BCUT2D eigenvalue weighted by Gasteiger charge is 2.27. The zero-order valence-corrected chi connectivity index (χ0v) is 14.4. The second kappa shape index (κ2) is 6.95. The average molecular weight is 340 g/mol. The van der Waals surface area contributed by atoms with Gasteiger partial charge in [-0.15, -0.1) is 0 Å². The Morgan fingerprint density at radius 2 is 1.95 bits per heavy atom. The molecule has 0 bridgehead atoms. The molecule has 1 aliphatic carbocycles. The molecule has 0 heterocycles. The molecule has 1 saturated carbocycles. The van der Waals surface area contributed by atoms with E-state index in [1.807, 2.05) is 12.1 Å². The SMILES string of the molecule is CCC1CCC(N(C)C(C)c2cc(Br)ccc2O)CC1. The molecule has 1 unspecified atom stereocenters. The van der Waals surface area contributed by atoms with Crippen LogP contribution in [0.4, 0.5) is 0 Å². The van der Waals surface area contributed by atoms with Gasteiger partial charge in [-0.3, -0.25) is 4.90 Å². The van der Waals surface area contributed by atoms with Gasteiger partial charge in [0, 0.05) is 22.1 Å². The fourth-order valence-electron chi connectivity index (χ4n) is 3.36. The first kappa shape index (κ1) is 15.8. The van der Waals surface area contributed by atoms with Crippen molar-refractivity contribution in [3.05, 3.63) is 28.2 Å². The number of benzene rings is 1. The Bertz CT molecular complexity index is 441. The second-order valence-corrected chi connectivity index (χ2v) is 7.04. The summed E-state index contributed by atoms with van der Waals surface area (Å²) in [5.41, 5.74) is 1.01. The number of hydrogen-bond acceptors (Lipinski definition) is 2. The molecule has 20 heavy (non-hydrogen) atoms. The van der Waals surface area contributed by atoms with E-state index in [9.17, 15) is 5.11 Å². The van der Waals surface area contributed by atoms with Crippen LogP contribution >= 0.6 is 15.9 Å². The molecule has 2 nitrogen and oxygen atoms in total. The first-order valence-corrected chi connectivity index (χ1v) is 8.52. The maximum Gasteiger partial charge on any atom is 0.120 e. The minimum absolute atomic E-state index is 0.246. The summed E-state index contributed by atoms with van der Waals surface area (Å²) >= 11 is 3.50. The van der Waals surface area contributed by atoms with E-state index in [0.717, 1.165) is 16.0 Å². The number of hydrogen-bond donors (Lipinski definition) is 1. The van der Waals surface area contributed by atoms with E-state index >= 15 is 0 Å². The molecule has 1 aromatic carbocycles. The van der Waals surface area contributed by atoms with Gasteiger partial charge in [-0.1, -0.05) is 29.3 Å². The van der Waals surface area contributed by atoms with Gasteiger partial charge in [-0.05, 0) is 63.8 Å². The molecule has 0 radical (unpaired) electrons. The van der Waals surface area contributed by atoms with Crippen LogP contribution in [0.5, 0.6) is 5.75 Å². The maximum atomic E-state index is 10.1. The van der Waals surface area contributed by atoms with Gasteiger partial charge < -0.3 is 5.11 Å². The number of phenols is 1. The van der Waals surface area contributed by atoms with Gasteiger partial charge in [0.2, 0.25) is 0 Å². The lowest BCUT2D eigenvalue weighted by atomic mass is 9.83. The number of phenolic OH excluding ortho intramolecular Hbond substituents is 1. The molecule has 0 aliphatic heterocycles. The summed E-state index contributed by atoms with van der Waals surface area (Å²) in [5, 5.41) is 10.1. The van der Waals surface area contributed by atoms with Crippen molar-refractivity contribution >= 4 is 15.9 Å². The minimum Gasteiger partial charge on any atom is -0.508 e. The van der Waals surface area contributed by atoms with E-state index in [0.29, 0.717) is 11.8 Å². The van der Waals surface area contributed by atoms with Crippen molar-refractivity contribution in [3.63, 3.8) is 0 Å². The van der Waals surface area contributed by atoms with Gasteiger partial charge in [0.1, 0.15) is 5.75 Å². The fourth-order valence-corrected chi connectivity index (χ4v) is 3.73.